The number of allylic oxidation sites excluding steroid dienone is 8. The van der Waals surface area contributed by atoms with Crippen molar-refractivity contribution in [2.24, 2.45) is 5.73 Å². The highest BCUT2D eigenvalue weighted by Gasteiger charge is 1.75. The van der Waals surface area contributed by atoms with Crippen LogP contribution in [0, 0.1) is 0 Å². The summed E-state index contributed by atoms with van der Waals surface area (Å²) in [5, 5.41) is 0. The average Bonchev–Trinajstić information content (AvgIpc) is 2.16. The van der Waals surface area contributed by atoms with Crippen LogP contribution in [0.4, 0.5) is 0 Å². The number of hydrogen-bond donors (Lipinski definition) is 1. The fourth-order valence-corrected chi connectivity index (χ4v) is 0.679. The molecule has 0 amide bonds. The van der Waals surface area contributed by atoms with Crippen molar-refractivity contribution in [3.8, 4) is 0 Å². The van der Waals surface area contributed by atoms with E-state index in [4.69, 9.17) is 5.73 Å². The van der Waals surface area contributed by atoms with E-state index in [9.17, 15) is 0 Å². The minimum atomic E-state index is 0.801. The summed E-state index contributed by atoms with van der Waals surface area (Å²) < 4.78 is 0. The van der Waals surface area contributed by atoms with Gasteiger partial charge in [-0.3, -0.25) is 0 Å². The van der Waals surface area contributed by atoms with E-state index in [-0.39, 0.29) is 0 Å². The van der Waals surface area contributed by atoms with Crippen molar-refractivity contribution in [1.29, 1.82) is 0 Å². The van der Waals surface area contributed by atoms with Gasteiger partial charge in [-0.15, -0.1) is 0 Å². The van der Waals surface area contributed by atoms with Crippen LogP contribution in [0.15, 0.2) is 60.9 Å². The van der Waals surface area contributed by atoms with E-state index < -0.39 is 0 Å². The van der Waals surface area contributed by atoms with Crippen LogP contribution in [0.2, 0.25) is 0 Å². The summed E-state index contributed by atoms with van der Waals surface area (Å²) in [5.74, 6) is 0. The summed E-state index contributed by atoms with van der Waals surface area (Å²) >= 11 is 0. The Morgan fingerprint density at radius 1 is 1.23 bits per heavy atom. The zero-order valence-electron chi connectivity index (χ0n) is 8.11. The molecule has 0 radical (unpaired) electrons. The minimum Gasteiger partial charge on any atom is -0.399 e. The Labute approximate surface area is 80.6 Å². The zero-order valence-corrected chi connectivity index (χ0v) is 8.11. The van der Waals surface area contributed by atoms with Crippen molar-refractivity contribution in [2.45, 2.75) is 13.3 Å². The van der Waals surface area contributed by atoms with Gasteiger partial charge >= 0.3 is 0 Å². The molecule has 0 aliphatic heterocycles. The first-order valence-electron chi connectivity index (χ1n) is 4.33. The van der Waals surface area contributed by atoms with Gasteiger partial charge in [0.15, 0.2) is 0 Å². The normalized spacial score (nSPS) is 13.5. The van der Waals surface area contributed by atoms with Gasteiger partial charge in [-0.25, -0.2) is 0 Å². The van der Waals surface area contributed by atoms with Gasteiger partial charge in [-0.1, -0.05) is 49.1 Å². The molecule has 0 aromatic rings. The number of nitrogens with two attached hydrogens (primary N) is 1. The molecule has 0 aliphatic carbocycles. The minimum absolute atomic E-state index is 0.801. The van der Waals surface area contributed by atoms with E-state index in [1.807, 2.05) is 43.4 Å². The van der Waals surface area contributed by atoms with Crippen molar-refractivity contribution in [1.82, 2.24) is 0 Å². The smallest absolute Gasteiger partial charge is 0.0267 e. The maximum absolute atomic E-state index is 5.56. The predicted molar refractivity (Wildman–Crippen MR) is 60.2 cm³/mol. The third-order valence-electron chi connectivity index (χ3n) is 1.41. The molecule has 0 fully saturated rings. The molecule has 0 rings (SSSR count). The van der Waals surface area contributed by atoms with E-state index in [1.54, 1.807) is 6.08 Å². The van der Waals surface area contributed by atoms with Gasteiger partial charge in [0.1, 0.15) is 0 Å². The molecule has 0 unspecified atom stereocenters. The van der Waals surface area contributed by atoms with Crippen molar-refractivity contribution in [3.63, 3.8) is 0 Å². The Morgan fingerprint density at radius 3 is 2.62 bits per heavy atom. The molecule has 0 heterocycles. The van der Waals surface area contributed by atoms with Gasteiger partial charge in [-0.05, 0) is 19.4 Å². The van der Waals surface area contributed by atoms with Crippen LogP contribution in [0.3, 0.4) is 0 Å². The van der Waals surface area contributed by atoms with E-state index >= 15 is 0 Å². The molecule has 0 atom stereocenters. The highest BCUT2D eigenvalue weighted by atomic mass is 14.5. The highest BCUT2D eigenvalue weighted by molar-refractivity contribution is 5.15. The van der Waals surface area contributed by atoms with Crippen LogP contribution >= 0.6 is 0 Å². The molecule has 0 saturated heterocycles. The molecule has 13 heavy (non-hydrogen) atoms. The van der Waals surface area contributed by atoms with Gasteiger partial charge < -0.3 is 5.73 Å². The van der Waals surface area contributed by atoms with Gasteiger partial charge in [0.2, 0.25) is 0 Å². The maximum atomic E-state index is 5.56. The lowest BCUT2D eigenvalue weighted by Gasteiger charge is -1.86. The Balaban J connectivity index is 3.66. The third kappa shape index (κ3) is 8.41. The van der Waals surface area contributed by atoms with E-state index in [0.717, 1.165) is 12.1 Å². The monoisotopic (exact) mass is 175 g/mol. The van der Waals surface area contributed by atoms with Crippen LogP contribution < -0.4 is 5.73 Å². The summed E-state index contributed by atoms with van der Waals surface area (Å²) in [4.78, 5) is 0. The molecule has 70 valence electrons. The Kier molecular flexibility index (Phi) is 7.60. The highest BCUT2D eigenvalue weighted by Crippen LogP contribution is 1.91. The Morgan fingerprint density at radius 2 is 2.00 bits per heavy atom. The lowest BCUT2D eigenvalue weighted by Crippen LogP contribution is -1.90. The van der Waals surface area contributed by atoms with Gasteiger partial charge in [-0.2, -0.15) is 0 Å². The number of hydrogen-bond acceptors (Lipinski definition) is 1. The largest absolute Gasteiger partial charge is 0.399 e. The van der Waals surface area contributed by atoms with Crippen molar-refractivity contribution in [2.75, 3.05) is 0 Å². The quantitative estimate of drug-likeness (QED) is 0.638. The molecular weight excluding hydrogens is 158 g/mol. The number of rotatable bonds is 5. The van der Waals surface area contributed by atoms with E-state index in [0.29, 0.717) is 0 Å². The Bertz CT molecular complexity index is 242. The van der Waals surface area contributed by atoms with Crippen molar-refractivity contribution in [3.05, 3.63) is 60.9 Å². The van der Waals surface area contributed by atoms with E-state index in [2.05, 4.69) is 12.7 Å². The zero-order chi connectivity index (χ0) is 9.94. The van der Waals surface area contributed by atoms with Gasteiger partial charge in [0.05, 0.1) is 0 Å². The first kappa shape index (κ1) is 11.5. The second kappa shape index (κ2) is 8.60. The summed E-state index contributed by atoms with van der Waals surface area (Å²) in [7, 11) is 0. The van der Waals surface area contributed by atoms with Crippen LogP contribution in [0.1, 0.15) is 13.3 Å². The Hall–Kier alpha value is -1.50. The standard InChI is InChI=1S/C12H17N/c1-3-5-6-7-8-9-10-11-12(13)4-2/h3-8,10-11H,1,9,13H2,2H3/b6-5-,8-7+,11-10-,12-4+. The van der Waals surface area contributed by atoms with Crippen LogP contribution in [-0.4, -0.2) is 0 Å². The average molecular weight is 175 g/mol. The molecule has 0 bridgehead atoms. The van der Waals surface area contributed by atoms with Crippen LogP contribution in [0.5, 0.6) is 0 Å². The second-order valence-electron chi connectivity index (χ2n) is 2.48. The SMILES string of the molecule is C=C/C=C\C=C\C/C=C\C(N)=C/C. The fourth-order valence-electron chi connectivity index (χ4n) is 0.679. The maximum Gasteiger partial charge on any atom is 0.0267 e. The third-order valence-corrected chi connectivity index (χ3v) is 1.41. The molecule has 0 spiro atoms. The fraction of sp³-hybridized carbons (Fsp3) is 0.167. The topological polar surface area (TPSA) is 26.0 Å². The van der Waals surface area contributed by atoms with Crippen LogP contribution in [-0.2, 0) is 0 Å². The summed E-state index contributed by atoms with van der Waals surface area (Å²) in [6, 6.07) is 0. The van der Waals surface area contributed by atoms with E-state index in [1.165, 1.54) is 0 Å². The predicted octanol–water partition coefficient (Wildman–Crippen LogP) is 3.09. The van der Waals surface area contributed by atoms with Gasteiger partial charge in [0.25, 0.3) is 0 Å². The van der Waals surface area contributed by atoms with Crippen molar-refractivity contribution < 1.29 is 0 Å². The van der Waals surface area contributed by atoms with Crippen molar-refractivity contribution >= 4 is 0 Å². The summed E-state index contributed by atoms with van der Waals surface area (Å²) in [5.41, 5.74) is 6.36. The first-order valence-corrected chi connectivity index (χ1v) is 4.33. The lowest BCUT2D eigenvalue weighted by molar-refractivity contribution is 1.33. The second-order valence-corrected chi connectivity index (χ2v) is 2.48. The molecule has 2 N–H and O–H groups in total. The molecule has 0 aromatic heterocycles. The molecule has 0 aromatic carbocycles. The first-order chi connectivity index (χ1) is 6.31. The lowest BCUT2D eigenvalue weighted by atomic mass is 10.3. The summed E-state index contributed by atoms with van der Waals surface area (Å²) in [6.07, 6.45) is 16.3. The molecule has 1 heteroatoms. The molecular formula is C12H17N. The molecule has 1 nitrogen and oxygen atoms in total. The van der Waals surface area contributed by atoms with Gasteiger partial charge in [0, 0.05) is 5.70 Å². The summed E-state index contributed by atoms with van der Waals surface area (Å²) in [6.45, 7) is 5.49. The van der Waals surface area contributed by atoms with Crippen LogP contribution in [0.25, 0.3) is 0 Å². The molecule has 0 saturated carbocycles. The molecule has 0 aliphatic rings.